The van der Waals surface area contributed by atoms with E-state index in [1.807, 2.05) is 0 Å². The highest BCUT2D eigenvalue weighted by Gasteiger charge is 2.48. The lowest BCUT2D eigenvalue weighted by molar-refractivity contribution is 0.587. The van der Waals surface area contributed by atoms with E-state index in [1.54, 1.807) is 0 Å². The summed E-state index contributed by atoms with van der Waals surface area (Å²) in [6.07, 6.45) is 0. The van der Waals surface area contributed by atoms with Crippen molar-refractivity contribution in [3.63, 3.8) is 0 Å². The summed E-state index contributed by atoms with van der Waals surface area (Å²) < 4.78 is 0. The summed E-state index contributed by atoms with van der Waals surface area (Å²) in [7, 11) is 0. The van der Waals surface area contributed by atoms with E-state index in [2.05, 4.69) is 295 Å². The topological polar surface area (TPSA) is 3.24 Å². The van der Waals surface area contributed by atoms with E-state index in [-0.39, 0.29) is 10.8 Å². The van der Waals surface area contributed by atoms with Gasteiger partial charge in [-0.25, -0.2) is 0 Å². The van der Waals surface area contributed by atoms with Crippen molar-refractivity contribution in [3.8, 4) is 33.4 Å². The van der Waals surface area contributed by atoms with Gasteiger partial charge in [0.15, 0.2) is 0 Å². The molecule has 0 fully saturated rings. The molecule has 0 amide bonds. The van der Waals surface area contributed by atoms with Crippen molar-refractivity contribution in [1.82, 2.24) is 0 Å². The van der Waals surface area contributed by atoms with Crippen LogP contribution in [0.3, 0.4) is 0 Å². The lowest BCUT2D eigenvalue weighted by Crippen LogP contribution is -2.29. The second-order valence-corrected chi connectivity index (χ2v) is 21.7. The Morgan fingerprint density at radius 3 is 1.21 bits per heavy atom. The standard InChI is InChI=1S/C70H59N/c1-67(2,3)50-36-38-53(39-37-50)69(51-25-12-8-13-26-51)63-34-18-16-32-59(63)61-42-40-57(46-65(61)69)71(56-31-20-24-49(44-56)48-22-10-7-11-23-48)58-41-43-62-60-33-17-19-35-64(60)70(66(62)47-58,52-27-14-9-15-28-52)55-30-21-29-54(45-55)68(4,5)6/h7-47H,1-6H3. The van der Waals surface area contributed by atoms with Gasteiger partial charge in [-0.2, -0.15) is 0 Å². The van der Waals surface area contributed by atoms with Crippen LogP contribution in [0.1, 0.15) is 97.2 Å². The van der Waals surface area contributed by atoms with Crippen LogP contribution in [-0.2, 0) is 21.7 Å². The van der Waals surface area contributed by atoms with E-state index >= 15 is 0 Å². The molecule has 0 radical (unpaired) electrons. The molecule has 0 aromatic heterocycles. The van der Waals surface area contributed by atoms with Gasteiger partial charge in [0.25, 0.3) is 0 Å². The largest absolute Gasteiger partial charge is 0.310 e. The number of hydrogen-bond acceptors (Lipinski definition) is 1. The molecule has 12 rings (SSSR count). The molecule has 2 unspecified atom stereocenters. The van der Waals surface area contributed by atoms with Gasteiger partial charge in [0.2, 0.25) is 0 Å². The quantitative estimate of drug-likeness (QED) is 0.147. The second-order valence-electron chi connectivity index (χ2n) is 21.7. The summed E-state index contributed by atoms with van der Waals surface area (Å²) in [5, 5.41) is 0. The molecule has 10 aromatic rings. The van der Waals surface area contributed by atoms with Gasteiger partial charge in [-0.3, -0.25) is 0 Å². The Kier molecular flexibility index (Phi) is 10.5. The van der Waals surface area contributed by atoms with Crippen LogP contribution in [0.25, 0.3) is 33.4 Å². The second kappa shape index (κ2) is 16.9. The Morgan fingerprint density at radius 2 is 0.676 bits per heavy atom. The molecule has 2 aliphatic carbocycles. The third kappa shape index (κ3) is 7.04. The van der Waals surface area contributed by atoms with E-state index in [4.69, 9.17) is 0 Å². The third-order valence-corrected chi connectivity index (χ3v) is 15.5. The minimum absolute atomic E-state index is 0.0244. The Morgan fingerprint density at radius 1 is 0.268 bits per heavy atom. The summed E-state index contributed by atoms with van der Waals surface area (Å²) in [6.45, 7) is 13.9. The van der Waals surface area contributed by atoms with Crippen molar-refractivity contribution in [3.05, 3.63) is 304 Å². The molecule has 0 bridgehead atoms. The molecule has 2 aliphatic rings. The van der Waals surface area contributed by atoms with Crippen molar-refractivity contribution in [2.75, 3.05) is 4.90 Å². The van der Waals surface area contributed by atoms with Gasteiger partial charge >= 0.3 is 0 Å². The van der Waals surface area contributed by atoms with Crippen molar-refractivity contribution >= 4 is 17.1 Å². The molecule has 10 aromatic carbocycles. The normalized spacial score (nSPS) is 16.7. The average molecular weight is 914 g/mol. The van der Waals surface area contributed by atoms with Crippen molar-refractivity contribution in [2.45, 2.75) is 63.2 Å². The van der Waals surface area contributed by atoms with E-state index in [1.165, 1.54) is 89.0 Å². The van der Waals surface area contributed by atoms with Gasteiger partial charge in [0.1, 0.15) is 0 Å². The molecule has 344 valence electrons. The van der Waals surface area contributed by atoms with Crippen LogP contribution in [0, 0.1) is 0 Å². The molecular weight excluding hydrogens is 855 g/mol. The number of anilines is 3. The smallest absolute Gasteiger partial charge is 0.0714 e. The summed E-state index contributed by atoms with van der Waals surface area (Å²) in [6, 6.07) is 93.9. The predicted molar refractivity (Wildman–Crippen MR) is 299 cm³/mol. The molecule has 0 aliphatic heterocycles. The summed E-state index contributed by atoms with van der Waals surface area (Å²) in [5.41, 5.74) is 22.4. The number of benzene rings is 10. The zero-order chi connectivity index (χ0) is 48.5. The fourth-order valence-corrected chi connectivity index (χ4v) is 12.1. The number of hydrogen-bond donors (Lipinski definition) is 0. The van der Waals surface area contributed by atoms with Gasteiger partial charge < -0.3 is 4.90 Å². The maximum absolute atomic E-state index is 2.51. The fourth-order valence-electron chi connectivity index (χ4n) is 12.1. The highest BCUT2D eigenvalue weighted by Crippen LogP contribution is 2.60. The monoisotopic (exact) mass is 913 g/mol. The molecule has 1 nitrogen and oxygen atoms in total. The van der Waals surface area contributed by atoms with Crippen LogP contribution in [-0.4, -0.2) is 0 Å². The lowest BCUT2D eigenvalue weighted by Gasteiger charge is -2.36. The molecule has 2 atom stereocenters. The first kappa shape index (κ1) is 44.2. The molecule has 0 saturated carbocycles. The lowest BCUT2D eigenvalue weighted by atomic mass is 9.66. The first-order chi connectivity index (χ1) is 34.5. The molecule has 0 saturated heterocycles. The van der Waals surface area contributed by atoms with Gasteiger partial charge in [0.05, 0.1) is 10.8 Å². The predicted octanol–water partition coefficient (Wildman–Crippen LogP) is 18.1. The Labute approximate surface area is 420 Å². The van der Waals surface area contributed by atoms with Gasteiger partial charge in [-0.15, -0.1) is 0 Å². The van der Waals surface area contributed by atoms with E-state index in [0.717, 1.165) is 17.1 Å². The number of rotatable bonds is 8. The van der Waals surface area contributed by atoms with E-state index in [0.29, 0.717) is 0 Å². The first-order valence-electron chi connectivity index (χ1n) is 25.2. The minimum atomic E-state index is -0.580. The maximum Gasteiger partial charge on any atom is 0.0714 e. The van der Waals surface area contributed by atoms with Crippen LogP contribution < -0.4 is 4.90 Å². The van der Waals surface area contributed by atoms with Crippen LogP contribution in [0.5, 0.6) is 0 Å². The fraction of sp³-hybridized carbons (Fsp3) is 0.143. The summed E-state index contributed by atoms with van der Waals surface area (Å²) >= 11 is 0. The van der Waals surface area contributed by atoms with Gasteiger partial charge in [0, 0.05) is 17.1 Å². The Bertz CT molecular complexity index is 3590. The van der Waals surface area contributed by atoms with E-state index in [9.17, 15) is 0 Å². The summed E-state index contributed by atoms with van der Waals surface area (Å²) in [5.74, 6) is 0. The molecule has 1 heteroatoms. The Hall–Kier alpha value is -8.00. The van der Waals surface area contributed by atoms with Crippen LogP contribution in [0.15, 0.2) is 249 Å². The number of fused-ring (bicyclic) bond motifs is 6. The van der Waals surface area contributed by atoms with E-state index < -0.39 is 10.8 Å². The molecule has 0 N–H and O–H groups in total. The highest BCUT2D eigenvalue weighted by atomic mass is 15.1. The van der Waals surface area contributed by atoms with Crippen molar-refractivity contribution in [1.29, 1.82) is 0 Å². The van der Waals surface area contributed by atoms with Crippen molar-refractivity contribution < 1.29 is 0 Å². The van der Waals surface area contributed by atoms with Crippen molar-refractivity contribution in [2.24, 2.45) is 0 Å². The highest BCUT2D eigenvalue weighted by molar-refractivity contribution is 5.92. The summed E-state index contributed by atoms with van der Waals surface area (Å²) in [4.78, 5) is 2.51. The molecule has 0 heterocycles. The van der Waals surface area contributed by atoms with Gasteiger partial charge in [-0.1, -0.05) is 254 Å². The van der Waals surface area contributed by atoms with Crippen LogP contribution >= 0.6 is 0 Å². The SMILES string of the molecule is CC(C)(C)c1ccc(C2(c3ccccc3)c3ccccc3-c3ccc(N(c4cccc(-c5ccccc5)c4)c4ccc5c(c4)C(c4ccccc4)(c4cccc(C(C)(C)C)c4)c4ccccc4-5)cc32)cc1. The minimum Gasteiger partial charge on any atom is -0.310 e. The first-order valence-corrected chi connectivity index (χ1v) is 25.2. The van der Waals surface area contributed by atoms with Crippen LogP contribution in [0.2, 0.25) is 0 Å². The molecule has 71 heavy (non-hydrogen) atoms. The zero-order valence-electron chi connectivity index (χ0n) is 41.6. The van der Waals surface area contributed by atoms with Gasteiger partial charge in [-0.05, 0) is 136 Å². The van der Waals surface area contributed by atoms with Crippen LogP contribution in [0.4, 0.5) is 17.1 Å². The third-order valence-electron chi connectivity index (χ3n) is 15.5. The maximum atomic E-state index is 2.51. The molecular formula is C70H59N. The zero-order valence-corrected chi connectivity index (χ0v) is 41.6. The Balaban J connectivity index is 1.14. The molecule has 0 spiro atoms. The number of nitrogens with zero attached hydrogens (tertiary/aromatic N) is 1. The average Bonchev–Trinajstić information content (AvgIpc) is 3.87.